The van der Waals surface area contributed by atoms with Gasteiger partial charge in [0.15, 0.2) is 0 Å². The standard InChI is InChI=1S/2C14H22N4O4.2C14H24N2O4.C13H20N4O5.C13H20N4O4.C12H18N4O5/c1-9(8-20-3)13(21-4)14-12(16-5-6-19)11(17-18-15)7-10(2)22-14;1-5-11(20-3)13(21-4)14-12(16-6-7-19)10(17-18-15)8-9(2)22-14;1-9(8-18-3)13(19-4)14-12(16-5-6-17)11(15)7-10(2)20-14;1-5-11(18-3)13(19-4)14-12(16-6-7-17)10(15)8-9(2)20-14;1-8-6-9(16-17-14)11(15-4-5-18)13(22-8)12(21-3)10(19)7-20-2;1-4-10(19)12(20-3)13-11(15-5-6-18)9(16-17-14)7-8(2)21-13;1-7-5-8(15-16-13)10(14-3-4-17)12(21-7)11(20-2)9(19)6-18/h5,7,9,11-14,16H,8H2,1-4H3;6,8,10-14,16H,5H2,1-4H3;5,7,9,11-14,16H,8,15H2,1-4H3;6,8,10-14,16H,5,15H2,1-4H3;4,6,9-13,15,19H,7H2,1-3H3;5,7,9-13,15,19H,4H2,1-3H3;3,5,8-12,14,18-19H,6H2,1-2H3/t9?,11?,12?,13?,14-;10?,11?,12?,13?,14-;9?,11?,12?,13?,14-;10?,11?,12?,13?,14-;2*9?,10?,11?,12?,13-;8?,9?,10?,11?,12-/m1111111/s1. The molecule has 28 unspecified atom stereocenters. The molecule has 0 saturated heterocycles. The summed E-state index contributed by atoms with van der Waals surface area (Å²) in [5.41, 5.74) is 55.7. The molecule has 0 bridgehead atoms. The van der Waals surface area contributed by atoms with E-state index in [1.165, 1.54) is 40.8 Å². The summed E-state index contributed by atoms with van der Waals surface area (Å²) in [6, 6.07) is -6.65. The summed E-state index contributed by atoms with van der Waals surface area (Å²) < 4.78 is 105. The molecule has 0 aliphatic carbocycles. The molecule has 35 atom stereocenters. The van der Waals surface area contributed by atoms with Gasteiger partial charge < -0.3 is 159 Å². The number of nitrogens with two attached hydrogens (primary N) is 2. The number of allylic oxidation sites excluding steroid dienone is 7. The lowest BCUT2D eigenvalue weighted by Crippen LogP contribution is -2.59. The van der Waals surface area contributed by atoms with Crippen molar-refractivity contribution in [2.75, 3.05) is 112 Å². The van der Waals surface area contributed by atoms with Crippen LogP contribution in [-0.2, 0) is 124 Å². The molecule has 826 valence electrons. The molecule has 148 heavy (non-hydrogen) atoms. The molecule has 15 N–H and O–H groups in total. The van der Waals surface area contributed by atoms with Crippen LogP contribution in [0.2, 0.25) is 0 Å². The zero-order valence-electron chi connectivity index (χ0n) is 88.0. The van der Waals surface area contributed by atoms with Gasteiger partial charge in [0, 0.05) is 122 Å². The van der Waals surface area contributed by atoms with Gasteiger partial charge in [-0.2, -0.15) is 0 Å². The maximum Gasteiger partial charge on any atom is 0.149 e. The average Bonchev–Trinajstić information content (AvgIpc) is 0.649. The Balaban J connectivity index is 0.000000864. The molecule has 7 rings (SSSR count). The van der Waals surface area contributed by atoms with Gasteiger partial charge in [-0.15, -0.1) is 0 Å². The van der Waals surface area contributed by atoms with E-state index < -0.39 is 140 Å². The van der Waals surface area contributed by atoms with E-state index in [-0.39, 0.29) is 85.3 Å². The van der Waals surface area contributed by atoms with Gasteiger partial charge in [0.2, 0.25) is 0 Å². The molecule has 7 heterocycles. The van der Waals surface area contributed by atoms with Gasteiger partial charge >= 0.3 is 0 Å². The van der Waals surface area contributed by atoms with Gasteiger partial charge in [-0.1, -0.05) is 60.2 Å². The summed E-state index contributed by atoms with van der Waals surface area (Å²) in [6.07, 6.45) is 11.4. The molecule has 0 aromatic carbocycles. The van der Waals surface area contributed by atoms with E-state index in [4.69, 9.17) is 134 Å². The van der Waals surface area contributed by atoms with Gasteiger partial charge in [-0.05, 0) is 138 Å². The van der Waals surface area contributed by atoms with Gasteiger partial charge in [0.1, 0.15) is 139 Å². The first-order valence-corrected chi connectivity index (χ1v) is 46.8. The number of ether oxygens (including phenoxy) is 19. The highest BCUT2D eigenvalue weighted by molar-refractivity contribution is 5.47. The predicted octanol–water partition coefficient (Wildman–Crippen LogP) is 4.85. The van der Waals surface area contributed by atoms with Crippen molar-refractivity contribution in [2.24, 2.45) is 48.9 Å². The summed E-state index contributed by atoms with van der Waals surface area (Å²) >= 11 is 0. The fourth-order valence-corrected chi connectivity index (χ4v) is 17.5. The number of hydrogen-bond donors (Lipinski definition) is 13. The van der Waals surface area contributed by atoms with E-state index in [2.05, 4.69) is 87.3 Å². The van der Waals surface area contributed by atoms with Crippen molar-refractivity contribution in [2.45, 2.75) is 303 Å². The third-order valence-corrected chi connectivity index (χ3v) is 23.9. The Hall–Kier alpha value is -12.6. The Morgan fingerprint density at radius 3 is 0.723 bits per heavy atom. The van der Waals surface area contributed by atoms with Crippen LogP contribution in [0.25, 0.3) is 52.2 Å². The van der Waals surface area contributed by atoms with Gasteiger partial charge in [-0.3, -0.25) is 0 Å². The molecule has 54 heteroatoms. The van der Waals surface area contributed by atoms with Crippen molar-refractivity contribution >= 4 is 41.6 Å². The lowest BCUT2D eigenvalue weighted by Gasteiger charge is -2.40. The summed E-state index contributed by atoms with van der Waals surface area (Å²) in [5, 5.41) is 77.6. The van der Waals surface area contributed by atoms with Crippen LogP contribution in [-0.4, -0.2) is 374 Å². The fraction of sp³-hybridized carbons (Fsp3) is 0.702. The van der Waals surface area contributed by atoms with E-state index in [0.29, 0.717) is 48.4 Å². The van der Waals surface area contributed by atoms with E-state index in [9.17, 15) is 48.9 Å². The molecular formula is C94H150N24O30. The quantitative estimate of drug-likeness (QED) is 0.0167. The number of hydrogen-bond acceptors (Lipinski definition) is 44. The predicted molar refractivity (Wildman–Crippen MR) is 538 cm³/mol. The second-order valence-electron chi connectivity index (χ2n) is 33.7. The highest BCUT2D eigenvalue weighted by atomic mass is 16.6. The van der Waals surface area contributed by atoms with Crippen molar-refractivity contribution in [1.82, 2.24) is 37.2 Å². The molecule has 0 aromatic heterocycles. The normalized spacial score (nSPS) is 27.3. The van der Waals surface area contributed by atoms with Gasteiger partial charge in [0.25, 0.3) is 0 Å². The second kappa shape index (κ2) is 76.0. The first kappa shape index (κ1) is 133. The van der Waals surface area contributed by atoms with Crippen molar-refractivity contribution in [3.63, 3.8) is 0 Å². The third kappa shape index (κ3) is 42.9. The van der Waals surface area contributed by atoms with Crippen LogP contribution < -0.4 is 48.7 Å². The molecule has 0 radical (unpaired) electrons. The maximum absolute atomic E-state index is 10.5. The highest BCUT2D eigenvalue weighted by Gasteiger charge is 2.49. The van der Waals surface area contributed by atoms with Crippen LogP contribution in [0.15, 0.2) is 152 Å². The molecule has 0 aromatic rings. The molecule has 0 fully saturated rings. The first-order valence-electron chi connectivity index (χ1n) is 46.8. The van der Waals surface area contributed by atoms with E-state index >= 15 is 0 Å². The highest BCUT2D eigenvalue weighted by Crippen LogP contribution is 2.35. The Morgan fingerprint density at radius 2 is 0.520 bits per heavy atom. The Morgan fingerprint density at radius 1 is 0.318 bits per heavy atom. The minimum absolute atomic E-state index is 0.0436. The van der Waals surface area contributed by atoms with Crippen molar-refractivity contribution in [3.8, 4) is 0 Å². The number of nitrogens with one attached hydrogen (secondary N) is 7. The second-order valence-corrected chi connectivity index (χ2v) is 33.7. The van der Waals surface area contributed by atoms with Gasteiger partial charge in [-0.25, -0.2) is 33.6 Å². The minimum atomic E-state index is -1.19. The topological polar surface area (TPSA) is 756 Å². The lowest BCUT2D eigenvalue weighted by molar-refractivity contribution is -0.121. The van der Waals surface area contributed by atoms with Crippen LogP contribution >= 0.6 is 0 Å². The molecule has 0 amide bonds. The molecule has 54 nitrogen and oxygen atoms in total. The summed E-state index contributed by atoms with van der Waals surface area (Å²) in [5.74, 6) is 16.0. The number of aliphatic hydroxyl groups is 4. The summed E-state index contributed by atoms with van der Waals surface area (Å²) in [4.78, 5) is 87.2. The van der Waals surface area contributed by atoms with Crippen LogP contribution in [0.1, 0.15) is 102 Å². The van der Waals surface area contributed by atoms with E-state index in [0.717, 1.165) is 55.4 Å². The number of nitrogens with zero attached hydrogens (tertiary/aromatic N) is 15. The van der Waals surface area contributed by atoms with Crippen LogP contribution in [0.3, 0.4) is 0 Å². The van der Waals surface area contributed by atoms with Gasteiger partial charge in [0.05, 0.1) is 213 Å². The number of azide groups is 5. The smallest absolute Gasteiger partial charge is 0.149 e. The number of rotatable bonds is 52. The summed E-state index contributed by atoms with van der Waals surface area (Å²) in [7, 11) is 18.6. The minimum Gasteiger partial charge on any atom is -0.490 e. The summed E-state index contributed by atoms with van der Waals surface area (Å²) in [6.45, 7) is 22.7. The molecule has 0 saturated carbocycles. The van der Waals surface area contributed by atoms with Crippen LogP contribution in [0, 0.1) is 11.8 Å². The first-order chi connectivity index (χ1) is 71.1. The van der Waals surface area contributed by atoms with Crippen molar-refractivity contribution in [3.05, 3.63) is 178 Å². The number of aliphatic hydroxyl groups excluding tert-OH is 4. The Kier molecular flexibility index (Phi) is 68.5. The third-order valence-electron chi connectivity index (χ3n) is 23.9. The largest absolute Gasteiger partial charge is 0.490 e. The zero-order valence-corrected chi connectivity index (χ0v) is 88.0. The van der Waals surface area contributed by atoms with Crippen LogP contribution in [0.4, 0.5) is 0 Å². The molecular weight excluding hydrogens is 1950 g/mol. The van der Waals surface area contributed by atoms with E-state index in [1.807, 2.05) is 60.6 Å². The van der Waals surface area contributed by atoms with E-state index in [1.54, 1.807) is 163 Å². The zero-order chi connectivity index (χ0) is 112. The van der Waals surface area contributed by atoms with Crippen LogP contribution in [0.5, 0.6) is 0 Å². The lowest BCUT2D eigenvalue weighted by atomic mass is 9.89. The fourth-order valence-electron chi connectivity index (χ4n) is 17.5. The van der Waals surface area contributed by atoms with Crippen molar-refractivity contribution < 1.29 is 144 Å². The average molecular weight is 2100 g/mol. The Labute approximate surface area is 861 Å². The monoisotopic (exact) mass is 2100 g/mol. The SMILES string of the molecule is CCC(O)C(OC)[C@@H]1OC(C)=CC(N=[N+]=[N-])C1NC=C=O.CCC(OC)C(OC)[C@@H]1OC(C)=CC(N)C1NC=C=O.CCC(OC)C(OC)[C@@H]1OC(C)=CC(N=[N+]=[N-])C1NC=C=O.COC(C(O)CO)[C@@H]1OC(C)=CC(N=[N+]=[N-])C1NC=C=O.COCC(C)C(OC)[C@@H]1OC(C)=CC(N)C1NC=C=O.COCC(C)C(OC)[C@@H]1OC(C)=CC(N=[N+]=[N-])C1NC=C=O.COCC(O)C(OC)[C@@H]1OC(C)=CC(N=[N+]=[N-])C1NC=C=O. The number of methoxy groups -OCH3 is 12. The number of carbonyl (C=O) groups excluding carboxylic acids is 7. The Bertz CT molecular complexity index is 4590. The molecule has 7 aliphatic rings. The molecule has 7 aliphatic heterocycles. The maximum atomic E-state index is 10.5. The molecule has 0 spiro atoms. The van der Waals surface area contributed by atoms with Crippen molar-refractivity contribution in [1.29, 1.82) is 0 Å².